The molecule has 1 amide bonds. The largest absolute Gasteiger partial charge is 0.480 e. The topological polar surface area (TPSA) is 89.6 Å². The van der Waals surface area contributed by atoms with E-state index >= 15 is 0 Å². The minimum atomic E-state index is -1.13. The van der Waals surface area contributed by atoms with E-state index in [4.69, 9.17) is 27.2 Å². The highest BCUT2D eigenvalue weighted by atomic mass is 35.5. The Kier molecular flexibility index (Phi) is 3.40. The molecule has 0 unspecified atom stereocenters. The van der Waals surface area contributed by atoms with E-state index in [1.807, 2.05) is 0 Å². The molecule has 0 fully saturated rings. The third-order valence-corrected chi connectivity index (χ3v) is 3.55. The van der Waals surface area contributed by atoms with Crippen molar-refractivity contribution in [3.8, 4) is 5.75 Å². The average molecular weight is 286 g/mol. The number of benzene rings is 1. The van der Waals surface area contributed by atoms with Gasteiger partial charge in [0.2, 0.25) is 0 Å². The summed E-state index contributed by atoms with van der Waals surface area (Å²) in [5.74, 6) is -1.59. The molecule has 0 aliphatic carbocycles. The van der Waals surface area contributed by atoms with Crippen LogP contribution in [-0.4, -0.2) is 23.6 Å². The number of amides is 1. The molecular formula is C11H8ClNO4S. The number of halogens is 1. The minimum Gasteiger partial charge on any atom is -0.480 e. The summed E-state index contributed by atoms with van der Waals surface area (Å²) in [6, 6.07) is 4.97. The summed E-state index contributed by atoms with van der Waals surface area (Å²) in [6.07, 6.45) is 0. The first kappa shape index (κ1) is 12.7. The fourth-order valence-corrected chi connectivity index (χ4v) is 2.76. The maximum Gasteiger partial charge on any atom is 0.341 e. The molecule has 0 bridgehead atoms. The summed E-state index contributed by atoms with van der Waals surface area (Å²) < 4.78 is 5.84. The predicted molar refractivity (Wildman–Crippen MR) is 68.5 cm³/mol. The van der Waals surface area contributed by atoms with Crippen molar-refractivity contribution in [2.75, 3.05) is 6.61 Å². The molecule has 2 rings (SSSR count). The number of fused-ring (bicyclic) bond motifs is 1. The second-order valence-corrected chi connectivity index (χ2v) is 4.94. The summed E-state index contributed by atoms with van der Waals surface area (Å²) in [4.78, 5) is 22.0. The maximum absolute atomic E-state index is 11.3. The second kappa shape index (κ2) is 4.83. The van der Waals surface area contributed by atoms with Crippen molar-refractivity contribution in [3.63, 3.8) is 0 Å². The summed E-state index contributed by atoms with van der Waals surface area (Å²) in [5.41, 5.74) is 5.23. The van der Waals surface area contributed by atoms with Crippen LogP contribution in [0.4, 0.5) is 0 Å². The molecule has 94 valence electrons. The number of ether oxygens (including phenoxy) is 1. The zero-order valence-corrected chi connectivity index (χ0v) is 10.5. The minimum absolute atomic E-state index is 0.188. The first-order chi connectivity index (χ1) is 8.49. The van der Waals surface area contributed by atoms with Crippen LogP contribution in [0.15, 0.2) is 18.2 Å². The van der Waals surface area contributed by atoms with Crippen LogP contribution in [0.5, 0.6) is 5.75 Å². The van der Waals surface area contributed by atoms with E-state index in [0.29, 0.717) is 10.4 Å². The summed E-state index contributed by atoms with van der Waals surface area (Å²) >= 11 is 6.96. The molecule has 2 aromatic rings. The highest BCUT2D eigenvalue weighted by Crippen LogP contribution is 2.38. The van der Waals surface area contributed by atoms with Crippen LogP contribution >= 0.6 is 22.9 Å². The Hall–Kier alpha value is -1.79. The Morgan fingerprint density at radius 3 is 2.78 bits per heavy atom. The average Bonchev–Trinajstić information content (AvgIpc) is 2.64. The summed E-state index contributed by atoms with van der Waals surface area (Å²) in [7, 11) is 0. The highest BCUT2D eigenvalue weighted by Gasteiger charge is 2.18. The number of aliphatic carboxylic acids is 1. The molecule has 1 aromatic carbocycles. The normalized spacial score (nSPS) is 10.5. The van der Waals surface area contributed by atoms with Gasteiger partial charge in [-0.05, 0) is 18.2 Å². The van der Waals surface area contributed by atoms with E-state index in [1.54, 1.807) is 18.2 Å². The number of primary amides is 1. The van der Waals surface area contributed by atoms with E-state index in [9.17, 15) is 9.59 Å². The van der Waals surface area contributed by atoms with Crippen molar-refractivity contribution >= 4 is 44.9 Å². The zero-order chi connectivity index (χ0) is 13.3. The van der Waals surface area contributed by atoms with Crippen LogP contribution < -0.4 is 10.5 Å². The second-order valence-electron chi connectivity index (χ2n) is 3.45. The predicted octanol–water partition coefficient (Wildman–Crippen LogP) is 2.12. The van der Waals surface area contributed by atoms with Crippen LogP contribution in [0.3, 0.4) is 0 Å². The maximum atomic E-state index is 11.3. The number of nitrogens with two attached hydrogens (primary N) is 1. The fraction of sp³-hybridized carbons (Fsp3) is 0.0909. The molecule has 0 spiro atoms. The van der Waals surface area contributed by atoms with Crippen LogP contribution in [0.25, 0.3) is 10.1 Å². The monoisotopic (exact) mass is 285 g/mol. The van der Waals surface area contributed by atoms with Crippen molar-refractivity contribution in [1.82, 2.24) is 0 Å². The van der Waals surface area contributed by atoms with Gasteiger partial charge in [0.25, 0.3) is 5.91 Å². The van der Waals surface area contributed by atoms with Gasteiger partial charge in [-0.25, -0.2) is 4.79 Å². The number of rotatable bonds is 4. The van der Waals surface area contributed by atoms with Crippen molar-refractivity contribution < 1.29 is 19.4 Å². The molecule has 0 aliphatic rings. The zero-order valence-electron chi connectivity index (χ0n) is 8.97. The van der Waals surface area contributed by atoms with Gasteiger partial charge < -0.3 is 15.6 Å². The number of carbonyl (C=O) groups excluding carboxylic acids is 1. The molecule has 5 nitrogen and oxygen atoms in total. The lowest BCUT2D eigenvalue weighted by Gasteiger charge is -2.03. The SMILES string of the molecule is NC(=O)c1sc2cc(Cl)ccc2c1OCC(=O)O. The Morgan fingerprint density at radius 1 is 1.44 bits per heavy atom. The smallest absolute Gasteiger partial charge is 0.341 e. The van der Waals surface area contributed by atoms with Gasteiger partial charge in [0, 0.05) is 15.1 Å². The standard InChI is InChI=1S/C11H8ClNO4S/c12-5-1-2-6-7(3-5)18-10(11(13)16)9(6)17-4-8(14)15/h1-3H,4H2,(H2,13,16)(H,14,15). The molecule has 1 aromatic heterocycles. The van der Waals surface area contributed by atoms with Gasteiger partial charge in [-0.1, -0.05) is 11.6 Å². The first-order valence-electron chi connectivity index (χ1n) is 4.85. The number of hydrogen-bond donors (Lipinski definition) is 2. The summed E-state index contributed by atoms with van der Waals surface area (Å²) in [6.45, 7) is -0.533. The van der Waals surface area contributed by atoms with Crippen LogP contribution in [0, 0.1) is 0 Å². The van der Waals surface area contributed by atoms with E-state index < -0.39 is 18.5 Å². The molecule has 0 aliphatic heterocycles. The van der Waals surface area contributed by atoms with Crippen molar-refractivity contribution in [2.24, 2.45) is 5.73 Å². The lowest BCUT2D eigenvalue weighted by molar-refractivity contribution is -0.139. The van der Waals surface area contributed by atoms with Crippen molar-refractivity contribution in [2.45, 2.75) is 0 Å². The molecule has 18 heavy (non-hydrogen) atoms. The molecule has 0 saturated heterocycles. The number of carboxylic acids is 1. The van der Waals surface area contributed by atoms with Crippen molar-refractivity contribution in [3.05, 3.63) is 28.1 Å². The molecule has 0 saturated carbocycles. The molecule has 7 heteroatoms. The number of carboxylic acid groups (broad SMARTS) is 1. The van der Waals surface area contributed by atoms with E-state index in [1.165, 1.54) is 0 Å². The van der Waals surface area contributed by atoms with E-state index in [-0.39, 0.29) is 10.6 Å². The van der Waals surface area contributed by atoms with Gasteiger partial charge in [-0.15, -0.1) is 11.3 Å². The first-order valence-corrected chi connectivity index (χ1v) is 6.05. The molecular weight excluding hydrogens is 278 g/mol. The van der Waals surface area contributed by atoms with Crippen LogP contribution in [-0.2, 0) is 4.79 Å². The van der Waals surface area contributed by atoms with Gasteiger partial charge in [0.05, 0.1) is 0 Å². The number of hydrogen-bond acceptors (Lipinski definition) is 4. The summed E-state index contributed by atoms with van der Waals surface area (Å²) in [5, 5.41) is 9.74. The van der Waals surface area contributed by atoms with E-state index in [2.05, 4.69) is 0 Å². The fourth-order valence-electron chi connectivity index (χ4n) is 1.49. The molecule has 0 atom stereocenters. The highest BCUT2D eigenvalue weighted by molar-refractivity contribution is 7.21. The third kappa shape index (κ3) is 2.39. The van der Waals surface area contributed by atoms with Gasteiger partial charge >= 0.3 is 5.97 Å². The molecule has 0 radical (unpaired) electrons. The van der Waals surface area contributed by atoms with Crippen molar-refractivity contribution in [1.29, 1.82) is 0 Å². The van der Waals surface area contributed by atoms with E-state index in [0.717, 1.165) is 16.0 Å². The third-order valence-electron chi connectivity index (χ3n) is 2.17. The van der Waals surface area contributed by atoms with Gasteiger partial charge in [-0.3, -0.25) is 4.79 Å². The Morgan fingerprint density at radius 2 is 2.17 bits per heavy atom. The molecule has 3 N–H and O–H groups in total. The number of carbonyl (C=O) groups is 2. The quantitative estimate of drug-likeness (QED) is 0.900. The molecule has 1 heterocycles. The Labute approximate surface area is 111 Å². The Bertz CT molecular complexity index is 637. The number of thiophene rings is 1. The van der Waals surface area contributed by atoms with Gasteiger partial charge in [0.1, 0.15) is 4.88 Å². The lowest BCUT2D eigenvalue weighted by atomic mass is 10.2. The van der Waals surface area contributed by atoms with Gasteiger partial charge in [0.15, 0.2) is 12.4 Å². The van der Waals surface area contributed by atoms with Gasteiger partial charge in [-0.2, -0.15) is 0 Å². The Balaban J connectivity index is 2.55. The van der Waals surface area contributed by atoms with Crippen LogP contribution in [0.1, 0.15) is 9.67 Å². The lowest BCUT2D eigenvalue weighted by Crippen LogP contribution is -2.14. The van der Waals surface area contributed by atoms with Crippen LogP contribution in [0.2, 0.25) is 5.02 Å².